The second kappa shape index (κ2) is 6.77. The van der Waals surface area contributed by atoms with Crippen LogP contribution in [-0.2, 0) is 37.5 Å². The SMILES string of the molecule is C[CH-]CC(C)=O.[Y]. The molecule has 0 aromatic carbocycles. The van der Waals surface area contributed by atoms with Gasteiger partial charge in [0.2, 0.25) is 0 Å². The largest absolute Gasteiger partial charge is 0.324 e. The average Bonchev–Trinajstić information content (AvgIpc) is 1.35. The van der Waals surface area contributed by atoms with Crippen molar-refractivity contribution in [2.75, 3.05) is 0 Å². The van der Waals surface area contributed by atoms with Crippen molar-refractivity contribution in [1.29, 1.82) is 0 Å². The molecule has 1 nitrogen and oxygen atoms in total. The Hall–Kier alpha value is 0.774. The van der Waals surface area contributed by atoms with Gasteiger partial charge in [-0.2, -0.15) is 6.92 Å². The molecule has 2 heteroatoms. The molecule has 1 radical (unpaired) electrons. The van der Waals surface area contributed by atoms with Crippen LogP contribution in [0.15, 0.2) is 0 Å². The van der Waals surface area contributed by atoms with Crippen molar-refractivity contribution < 1.29 is 37.5 Å². The van der Waals surface area contributed by atoms with E-state index in [2.05, 4.69) is 0 Å². The van der Waals surface area contributed by atoms with E-state index in [0.29, 0.717) is 6.42 Å². The predicted octanol–water partition coefficient (Wildman–Crippen LogP) is 1.19. The molecule has 0 fully saturated rings. The van der Waals surface area contributed by atoms with Crippen LogP contribution < -0.4 is 0 Å². The second-order valence-electron chi connectivity index (χ2n) is 1.31. The molecule has 0 saturated heterocycles. The summed E-state index contributed by atoms with van der Waals surface area (Å²) in [7, 11) is 0. The minimum absolute atomic E-state index is 0. The summed E-state index contributed by atoms with van der Waals surface area (Å²) in [6.45, 7) is 3.46. The fourth-order valence-electron chi connectivity index (χ4n) is 0.287. The van der Waals surface area contributed by atoms with Crippen molar-refractivity contribution in [3.05, 3.63) is 6.42 Å². The molecule has 0 saturated carbocycles. The van der Waals surface area contributed by atoms with Crippen molar-refractivity contribution in [1.82, 2.24) is 0 Å². The van der Waals surface area contributed by atoms with Crippen LogP contribution in [0.5, 0.6) is 0 Å². The third-order valence-corrected chi connectivity index (χ3v) is 0.492. The van der Waals surface area contributed by atoms with Crippen molar-refractivity contribution in [3.63, 3.8) is 0 Å². The van der Waals surface area contributed by atoms with Gasteiger partial charge in [-0.15, -0.1) is 6.42 Å². The van der Waals surface area contributed by atoms with E-state index in [9.17, 15) is 4.79 Å². The minimum atomic E-state index is 0. The molecule has 0 atom stereocenters. The van der Waals surface area contributed by atoms with Gasteiger partial charge in [0, 0.05) is 32.7 Å². The van der Waals surface area contributed by atoms with E-state index in [0.717, 1.165) is 0 Å². The molecule has 0 rings (SSSR count). The van der Waals surface area contributed by atoms with E-state index in [4.69, 9.17) is 0 Å². The number of carbonyl (C=O) groups is 1. The Morgan fingerprint density at radius 3 is 2.14 bits per heavy atom. The van der Waals surface area contributed by atoms with Crippen LogP contribution >= 0.6 is 0 Å². The molecule has 0 aliphatic rings. The van der Waals surface area contributed by atoms with Crippen LogP contribution in [-0.4, -0.2) is 5.78 Å². The first-order chi connectivity index (χ1) is 2.77. The summed E-state index contributed by atoms with van der Waals surface area (Å²) in [4.78, 5) is 10.0. The molecule has 0 bridgehead atoms. The molecular weight excluding hydrogens is 165 g/mol. The molecule has 0 amide bonds. The second-order valence-corrected chi connectivity index (χ2v) is 1.31. The fourth-order valence-corrected chi connectivity index (χ4v) is 0.287. The van der Waals surface area contributed by atoms with E-state index in [1.165, 1.54) is 0 Å². The Balaban J connectivity index is 0. The van der Waals surface area contributed by atoms with E-state index in [1.807, 2.05) is 13.3 Å². The van der Waals surface area contributed by atoms with Gasteiger partial charge in [-0.3, -0.25) is 0 Å². The van der Waals surface area contributed by atoms with Gasteiger partial charge in [0.05, 0.1) is 0 Å². The summed E-state index contributed by atoms with van der Waals surface area (Å²) in [5.74, 6) is 0.234. The number of hydrogen-bond donors (Lipinski definition) is 0. The Morgan fingerprint density at radius 1 is 1.71 bits per heavy atom. The maximum atomic E-state index is 10.0. The maximum absolute atomic E-state index is 10.0. The predicted molar refractivity (Wildman–Crippen MR) is 25.3 cm³/mol. The summed E-state index contributed by atoms with van der Waals surface area (Å²) in [5, 5.41) is 0. The zero-order valence-electron chi connectivity index (χ0n) is 4.77. The number of Topliss-reactive ketones (excluding diaryl/α,β-unsaturated/α-hetero) is 1. The van der Waals surface area contributed by atoms with Crippen LogP contribution in [0.3, 0.4) is 0 Å². The fraction of sp³-hybridized carbons (Fsp3) is 0.600. The summed E-state index contributed by atoms with van der Waals surface area (Å²) in [5.41, 5.74) is 0. The Morgan fingerprint density at radius 2 is 2.14 bits per heavy atom. The van der Waals surface area contributed by atoms with E-state index >= 15 is 0 Å². The first kappa shape index (κ1) is 10.7. The topological polar surface area (TPSA) is 17.1 Å². The van der Waals surface area contributed by atoms with E-state index in [-0.39, 0.29) is 38.5 Å². The van der Waals surface area contributed by atoms with Gasteiger partial charge in [0.15, 0.2) is 0 Å². The van der Waals surface area contributed by atoms with Crippen LogP contribution in [0.4, 0.5) is 0 Å². The summed E-state index contributed by atoms with van der Waals surface area (Å²) >= 11 is 0. The number of rotatable bonds is 2. The molecule has 7 heavy (non-hydrogen) atoms. The molecule has 0 aliphatic carbocycles. The number of ketones is 1. The third kappa shape index (κ3) is 10.8. The monoisotopic (exact) mass is 174 g/mol. The van der Waals surface area contributed by atoms with Gasteiger partial charge in [-0.1, -0.05) is 0 Å². The van der Waals surface area contributed by atoms with Gasteiger partial charge < -0.3 is 11.2 Å². The Bertz CT molecular complexity index is 52.0. The molecule has 0 aromatic heterocycles. The molecule has 39 valence electrons. The maximum Gasteiger partial charge on any atom is 0.100 e. The quantitative estimate of drug-likeness (QED) is 0.574. The van der Waals surface area contributed by atoms with Gasteiger partial charge in [-0.25, -0.2) is 0 Å². The van der Waals surface area contributed by atoms with Crippen molar-refractivity contribution in [3.8, 4) is 0 Å². The Kier molecular flexibility index (Phi) is 10.4. The zero-order chi connectivity index (χ0) is 4.99. The number of hydrogen-bond acceptors (Lipinski definition) is 1. The van der Waals surface area contributed by atoms with Gasteiger partial charge in [-0.05, 0) is 6.92 Å². The third-order valence-electron chi connectivity index (χ3n) is 0.492. The van der Waals surface area contributed by atoms with Gasteiger partial charge in [0.1, 0.15) is 5.78 Å². The first-order valence-electron chi connectivity index (χ1n) is 2.04. The smallest absolute Gasteiger partial charge is 0.100 e. The zero-order valence-corrected chi connectivity index (χ0v) is 7.61. The Labute approximate surface area is 69.7 Å². The van der Waals surface area contributed by atoms with E-state index < -0.39 is 0 Å². The molecule has 0 heterocycles. The van der Waals surface area contributed by atoms with Crippen LogP contribution in [0, 0.1) is 6.42 Å². The molecule has 0 spiro atoms. The summed E-state index contributed by atoms with van der Waals surface area (Å²) in [6, 6.07) is 0. The molecular formula is C5H9OY-. The summed E-state index contributed by atoms with van der Waals surface area (Å²) in [6.07, 6.45) is 2.46. The molecule has 0 N–H and O–H groups in total. The van der Waals surface area contributed by atoms with Crippen molar-refractivity contribution in [2.45, 2.75) is 20.3 Å². The number of carbonyl (C=O) groups excluding carboxylic acids is 1. The molecule has 0 aliphatic heterocycles. The normalized spacial score (nSPS) is 7.14. The van der Waals surface area contributed by atoms with Crippen LogP contribution in [0.2, 0.25) is 0 Å². The van der Waals surface area contributed by atoms with Crippen molar-refractivity contribution >= 4 is 5.78 Å². The van der Waals surface area contributed by atoms with Gasteiger partial charge in [0.25, 0.3) is 0 Å². The van der Waals surface area contributed by atoms with Crippen molar-refractivity contribution in [2.24, 2.45) is 0 Å². The first-order valence-corrected chi connectivity index (χ1v) is 2.04. The summed E-state index contributed by atoms with van der Waals surface area (Å²) < 4.78 is 0. The van der Waals surface area contributed by atoms with Crippen LogP contribution in [0.1, 0.15) is 20.3 Å². The van der Waals surface area contributed by atoms with Gasteiger partial charge >= 0.3 is 0 Å². The molecule has 0 aromatic rings. The standard InChI is InChI=1S/C5H9O.Y/c1-3-4-5(2)6;/h3H,4H2,1-2H3;/q-1;. The van der Waals surface area contributed by atoms with Crippen LogP contribution in [0.25, 0.3) is 0 Å². The minimum Gasteiger partial charge on any atom is -0.324 e. The van der Waals surface area contributed by atoms with E-state index in [1.54, 1.807) is 6.92 Å². The average molecular weight is 174 g/mol. The molecule has 0 unspecified atom stereocenters.